The number of carbonyl (C=O) groups is 2. The standard InChI is InChI=1S/C25H28N4O5/c1-16-10-22-23(30)29(18-11-20(33-4)13-21(12-18)34-5)25(2,15-28(22)27-16)24(31)26-14-17-6-8-19(32-3)9-7-17/h6-13H,14-15H2,1-5H3,(H,26,31)/t25-/m1/s1. The Morgan fingerprint density at radius 1 is 1.00 bits per heavy atom. The molecule has 1 N–H and O–H groups in total. The lowest BCUT2D eigenvalue weighted by Gasteiger charge is -2.43. The zero-order valence-electron chi connectivity index (χ0n) is 19.9. The van der Waals surface area contributed by atoms with Crippen LogP contribution in [0.25, 0.3) is 0 Å². The average Bonchev–Trinajstić information content (AvgIpc) is 3.22. The van der Waals surface area contributed by atoms with Crippen molar-refractivity contribution >= 4 is 17.5 Å². The van der Waals surface area contributed by atoms with Crippen LogP contribution in [-0.4, -0.2) is 48.5 Å². The van der Waals surface area contributed by atoms with Crippen LogP contribution in [0.5, 0.6) is 17.2 Å². The van der Waals surface area contributed by atoms with Gasteiger partial charge < -0.3 is 19.5 Å². The Labute approximate surface area is 198 Å². The van der Waals surface area contributed by atoms with E-state index in [1.807, 2.05) is 31.2 Å². The minimum atomic E-state index is -1.26. The van der Waals surface area contributed by atoms with Crippen molar-refractivity contribution in [2.24, 2.45) is 0 Å². The maximum atomic E-state index is 13.7. The number of hydrogen-bond donors (Lipinski definition) is 1. The molecular formula is C25H28N4O5. The number of rotatable bonds is 7. The predicted octanol–water partition coefficient (Wildman–Crippen LogP) is 2.95. The van der Waals surface area contributed by atoms with E-state index >= 15 is 0 Å². The first-order valence-corrected chi connectivity index (χ1v) is 10.8. The second-order valence-electron chi connectivity index (χ2n) is 8.34. The number of anilines is 1. The summed E-state index contributed by atoms with van der Waals surface area (Å²) in [5.74, 6) is 1.12. The third-order valence-electron chi connectivity index (χ3n) is 5.97. The van der Waals surface area contributed by atoms with Gasteiger partial charge in [0, 0.05) is 24.7 Å². The molecule has 0 radical (unpaired) electrons. The van der Waals surface area contributed by atoms with Gasteiger partial charge in [-0.3, -0.25) is 19.2 Å². The number of nitrogens with zero attached hydrogens (tertiary/aromatic N) is 3. The first-order chi connectivity index (χ1) is 16.3. The van der Waals surface area contributed by atoms with Crippen molar-refractivity contribution in [1.29, 1.82) is 0 Å². The van der Waals surface area contributed by atoms with Crippen molar-refractivity contribution in [3.05, 3.63) is 65.5 Å². The molecule has 0 saturated heterocycles. The van der Waals surface area contributed by atoms with Gasteiger partial charge >= 0.3 is 0 Å². The van der Waals surface area contributed by atoms with Crippen LogP contribution in [0.2, 0.25) is 0 Å². The van der Waals surface area contributed by atoms with Gasteiger partial charge in [0.1, 0.15) is 28.5 Å². The molecular weight excluding hydrogens is 436 g/mol. The fraction of sp³-hybridized carbons (Fsp3) is 0.320. The van der Waals surface area contributed by atoms with Gasteiger partial charge in [-0.05, 0) is 37.6 Å². The van der Waals surface area contributed by atoms with Crippen molar-refractivity contribution in [3.63, 3.8) is 0 Å². The van der Waals surface area contributed by atoms with Crippen LogP contribution in [-0.2, 0) is 17.9 Å². The highest BCUT2D eigenvalue weighted by atomic mass is 16.5. The summed E-state index contributed by atoms with van der Waals surface area (Å²) in [5.41, 5.74) is 1.26. The third kappa shape index (κ3) is 4.16. The topological polar surface area (TPSA) is 94.9 Å². The Morgan fingerprint density at radius 2 is 1.62 bits per heavy atom. The number of amides is 2. The summed E-state index contributed by atoms with van der Waals surface area (Å²) in [6.45, 7) is 4.04. The van der Waals surface area contributed by atoms with Crippen molar-refractivity contribution in [3.8, 4) is 17.2 Å². The summed E-state index contributed by atoms with van der Waals surface area (Å²) < 4.78 is 17.6. The van der Waals surface area contributed by atoms with E-state index in [-0.39, 0.29) is 18.4 Å². The Bertz CT molecular complexity index is 1200. The monoisotopic (exact) mass is 464 g/mol. The largest absolute Gasteiger partial charge is 0.497 e. The van der Waals surface area contributed by atoms with Crippen LogP contribution in [0.3, 0.4) is 0 Å². The van der Waals surface area contributed by atoms with E-state index in [4.69, 9.17) is 14.2 Å². The lowest BCUT2D eigenvalue weighted by atomic mass is 9.93. The first-order valence-electron chi connectivity index (χ1n) is 10.8. The van der Waals surface area contributed by atoms with E-state index in [0.717, 1.165) is 11.3 Å². The number of aromatic nitrogens is 2. The number of fused-ring (bicyclic) bond motifs is 1. The molecule has 0 spiro atoms. The molecule has 0 fully saturated rings. The van der Waals surface area contributed by atoms with E-state index in [1.165, 1.54) is 19.1 Å². The van der Waals surface area contributed by atoms with Gasteiger partial charge in [-0.15, -0.1) is 0 Å². The summed E-state index contributed by atoms with van der Waals surface area (Å²) in [7, 11) is 4.68. The molecule has 1 aromatic heterocycles. The van der Waals surface area contributed by atoms with Gasteiger partial charge in [0.2, 0.25) is 5.91 Å². The second kappa shape index (κ2) is 9.09. The molecule has 2 amide bonds. The highest BCUT2D eigenvalue weighted by molar-refractivity contribution is 6.12. The average molecular weight is 465 g/mol. The smallest absolute Gasteiger partial charge is 0.277 e. The zero-order chi connectivity index (χ0) is 24.5. The number of methoxy groups -OCH3 is 3. The van der Waals surface area contributed by atoms with Crippen LogP contribution in [0.1, 0.15) is 28.7 Å². The molecule has 1 aliphatic heterocycles. The number of hydrogen-bond acceptors (Lipinski definition) is 6. The van der Waals surface area contributed by atoms with Gasteiger partial charge in [-0.1, -0.05) is 12.1 Å². The minimum absolute atomic E-state index is 0.190. The molecule has 178 valence electrons. The Hall–Kier alpha value is -4.01. The van der Waals surface area contributed by atoms with E-state index in [1.54, 1.807) is 43.0 Å². The molecule has 0 aliphatic carbocycles. The summed E-state index contributed by atoms with van der Waals surface area (Å²) in [4.78, 5) is 28.8. The molecule has 1 aliphatic rings. The predicted molar refractivity (Wildman–Crippen MR) is 127 cm³/mol. The molecule has 34 heavy (non-hydrogen) atoms. The van der Waals surface area contributed by atoms with E-state index in [2.05, 4.69) is 10.4 Å². The lowest BCUT2D eigenvalue weighted by molar-refractivity contribution is -0.126. The molecule has 4 rings (SSSR count). The maximum absolute atomic E-state index is 13.7. The highest BCUT2D eigenvalue weighted by Crippen LogP contribution is 2.37. The van der Waals surface area contributed by atoms with E-state index in [9.17, 15) is 9.59 Å². The molecule has 9 nitrogen and oxygen atoms in total. The molecule has 2 heterocycles. The minimum Gasteiger partial charge on any atom is -0.497 e. The molecule has 0 unspecified atom stereocenters. The number of aryl methyl sites for hydroxylation is 1. The number of carbonyl (C=O) groups excluding carboxylic acids is 2. The van der Waals surface area contributed by atoms with Gasteiger partial charge in [0.25, 0.3) is 5.91 Å². The van der Waals surface area contributed by atoms with Gasteiger partial charge in [0.15, 0.2) is 0 Å². The van der Waals surface area contributed by atoms with Crippen molar-refractivity contribution in [1.82, 2.24) is 15.1 Å². The molecule has 0 bridgehead atoms. The Kier molecular flexibility index (Phi) is 6.19. The number of benzene rings is 2. The van der Waals surface area contributed by atoms with E-state index < -0.39 is 5.54 Å². The lowest BCUT2D eigenvalue weighted by Crippen LogP contribution is -2.64. The van der Waals surface area contributed by atoms with Crippen LogP contribution in [0.4, 0.5) is 5.69 Å². The number of nitrogens with one attached hydrogen (secondary N) is 1. The highest BCUT2D eigenvalue weighted by Gasteiger charge is 2.49. The fourth-order valence-electron chi connectivity index (χ4n) is 4.15. The van der Waals surface area contributed by atoms with Crippen molar-refractivity contribution in [2.75, 3.05) is 26.2 Å². The third-order valence-corrected chi connectivity index (χ3v) is 5.97. The van der Waals surface area contributed by atoms with Crippen LogP contribution < -0.4 is 24.4 Å². The van der Waals surface area contributed by atoms with Crippen LogP contribution >= 0.6 is 0 Å². The number of ether oxygens (including phenoxy) is 3. The molecule has 3 aromatic rings. The van der Waals surface area contributed by atoms with Crippen LogP contribution in [0, 0.1) is 6.92 Å². The SMILES string of the molecule is COc1ccc(CNC(=O)[C@@]2(C)Cn3nc(C)cc3C(=O)N2c2cc(OC)cc(OC)c2)cc1. The molecule has 1 atom stereocenters. The summed E-state index contributed by atoms with van der Waals surface area (Å²) >= 11 is 0. The first kappa shape index (κ1) is 23.2. The van der Waals surface area contributed by atoms with Gasteiger partial charge in [-0.2, -0.15) is 5.10 Å². The normalized spacial score (nSPS) is 17.2. The summed E-state index contributed by atoms with van der Waals surface area (Å²) in [5, 5.41) is 7.42. The quantitative estimate of drug-likeness (QED) is 0.578. The van der Waals surface area contributed by atoms with Gasteiger partial charge in [0.05, 0.1) is 39.3 Å². The van der Waals surface area contributed by atoms with Crippen molar-refractivity contribution in [2.45, 2.75) is 32.5 Å². The Morgan fingerprint density at radius 3 is 2.21 bits per heavy atom. The van der Waals surface area contributed by atoms with Crippen molar-refractivity contribution < 1.29 is 23.8 Å². The fourth-order valence-corrected chi connectivity index (χ4v) is 4.15. The second-order valence-corrected chi connectivity index (χ2v) is 8.34. The molecule has 9 heteroatoms. The Balaban J connectivity index is 1.72. The zero-order valence-corrected chi connectivity index (χ0v) is 19.9. The van der Waals surface area contributed by atoms with Crippen LogP contribution in [0.15, 0.2) is 48.5 Å². The van der Waals surface area contributed by atoms with E-state index in [0.29, 0.717) is 35.1 Å². The maximum Gasteiger partial charge on any atom is 0.277 e. The summed E-state index contributed by atoms with van der Waals surface area (Å²) in [6.07, 6.45) is 0. The molecule has 0 saturated carbocycles. The molecule has 2 aromatic carbocycles. The van der Waals surface area contributed by atoms with Gasteiger partial charge in [-0.25, -0.2) is 0 Å². The summed E-state index contributed by atoms with van der Waals surface area (Å²) in [6, 6.07) is 14.3.